The number of ether oxygens (including phenoxy) is 1. The van der Waals surface area contributed by atoms with E-state index >= 15 is 0 Å². The Morgan fingerprint density at radius 2 is 1.64 bits per heavy atom. The Morgan fingerprint density at radius 1 is 0.893 bits per heavy atom. The molecule has 0 saturated carbocycles. The lowest BCUT2D eigenvalue weighted by Gasteiger charge is -2.14. The fourth-order valence-corrected chi connectivity index (χ4v) is 2.85. The molecule has 28 heavy (non-hydrogen) atoms. The van der Waals surface area contributed by atoms with E-state index in [9.17, 15) is 0 Å². The first-order valence-electron chi connectivity index (χ1n) is 9.48. The van der Waals surface area contributed by atoms with Crippen LogP contribution in [0.15, 0.2) is 84.0 Å². The average Bonchev–Trinajstić information content (AvgIpc) is 2.77. The minimum Gasteiger partial charge on any atom is -0.491 e. The van der Waals surface area contributed by atoms with Crippen LogP contribution in [-0.4, -0.2) is 37.7 Å². The van der Waals surface area contributed by atoms with E-state index in [0.29, 0.717) is 13.2 Å². The number of aromatic nitrogens is 1. The molecule has 0 atom stereocenters. The summed E-state index contributed by atoms with van der Waals surface area (Å²) < 4.78 is 6.00. The molecular weight excluding hydrogens is 348 g/mol. The number of nitrogens with one attached hydrogen (secondary N) is 2. The Hall–Kier alpha value is -3.34. The highest BCUT2D eigenvalue weighted by atomic mass is 16.5. The van der Waals surface area contributed by atoms with Crippen LogP contribution >= 0.6 is 0 Å². The van der Waals surface area contributed by atoms with E-state index in [-0.39, 0.29) is 0 Å². The molecule has 0 unspecified atom stereocenters. The number of hydrogen-bond acceptors (Lipinski definition) is 3. The second-order valence-electron chi connectivity index (χ2n) is 6.21. The number of aliphatic imine (C=N–C) groups is 1. The quantitative estimate of drug-likeness (QED) is 0.360. The molecule has 0 spiro atoms. The average molecular weight is 374 g/mol. The largest absolute Gasteiger partial charge is 0.491 e. The van der Waals surface area contributed by atoms with Crippen molar-refractivity contribution < 1.29 is 4.74 Å². The van der Waals surface area contributed by atoms with Gasteiger partial charge >= 0.3 is 0 Å². The van der Waals surface area contributed by atoms with Crippen molar-refractivity contribution in [2.45, 2.75) is 6.42 Å². The Balaban J connectivity index is 1.44. The Kier molecular flexibility index (Phi) is 7.44. The van der Waals surface area contributed by atoms with Gasteiger partial charge in [-0.3, -0.25) is 9.98 Å². The standard InChI is InChI=1S/C23H26N4O/c1-24-23(26-16-14-20-11-7-8-15-25-20)27-17-18-28-22-13-6-5-12-21(22)19-9-3-2-4-10-19/h2-13,15H,14,16-18H2,1H3,(H2,24,26,27). The highest BCUT2D eigenvalue weighted by Crippen LogP contribution is 2.29. The first-order chi connectivity index (χ1) is 13.9. The molecule has 5 heteroatoms. The van der Waals surface area contributed by atoms with Crippen LogP contribution in [0.5, 0.6) is 5.75 Å². The summed E-state index contributed by atoms with van der Waals surface area (Å²) in [5.41, 5.74) is 3.31. The van der Waals surface area contributed by atoms with Crippen molar-refractivity contribution in [2.75, 3.05) is 26.7 Å². The Bertz CT molecular complexity index is 866. The molecule has 0 bridgehead atoms. The first-order valence-corrected chi connectivity index (χ1v) is 9.48. The lowest BCUT2D eigenvalue weighted by atomic mass is 10.1. The molecule has 0 aliphatic carbocycles. The van der Waals surface area contributed by atoms with Gasteiger partial charge in [0, 0.05) is 37.5 Å². The number of guanidine groups is 1. The maximum Gasteiger partial charge on any atom is 0.191 e. The van der Waals surface area contributed by atoms with E-state index < -0.39 is 0 Å². The summed E-state index contributed by atoms with van der Waals surface area (Å²) in [7, 11) is 1.77. The highest BCUT2D eigenvalue weighted by Gasteiger charge is 2.05. The van der Waals surface area contributed by atoms with Crippen LogP contribution in [0.1, 0.15) is 5.69 Å². The normalized spacial score (nSPS) is 11.1. The molecule has 2 N–H and O–H groups in total. The number of benzene rings is 2. The lowest BCUT2D eigenvalue weighted by Crippen LogP contribution is -2.40. The van der Waals surface area contributed by atoms with E-state index in [1.807, 2.05) is 60.8 Å². The number of hydrogen-bond donors (Lipinski definition) is 2. The zero-order valence-corrected chi connectivity index (χ0v) is 16.1. The molecule has 0 radical (unpaired) electrons. The highest BCUT2D eigenvalue weighted by molar-refractivity contribution is 5.79. The Labute approximate surface area is 166 Å². The van der Waals surface area contributed by atoms with Crippen LogP contribution in [0.2, 0.25) is 0 Å². The molecule has 0 amide bonds. The predicted molar refractivity (Wildman–Crippen MR) is 115 cm³/mol. The maximum atomic E-state index is 6.00. The molecule has 5 nitrogen and oxygen atoms in total. The minimum atomic E-state index is 0.546. The van der Waals surface area contributed by atoms with Crippen LogP contribution in [0.3, 0.4) is 0 Å². The van der Waals surface area contributed by atoms with Crippen molar-refractivity contribution in [3.8, 4) is 16.9 Å². The van der Waals surface area contributed by atoms with Crippen molar-refractivity contribution in [3.05, 3.63) is 84.7 Å². The first kappa shape index (κ1) is 19.4. The maximum absolute atomic E-state index is 6.00. The molecule has 0 aliphatic rings. The van der Waals surface area contributed by atoms with E-state index in [4.69, 9.17) is 4.74 Å². The number of rotatable bonds is 8. The van der Waals surface area contributed by atoms with Crippen LogP contribution < -0.4 is 15.4 Å². The summed E-state index contributed by atoms with van der Waals surface area (Å²) >= 11 is 0. The molecule has 0 saturated heterocycles. The summed E-state index contributed by atoms with van der Waals surface area (Å²) in [4.78, 5) is 8.57. The predicted octanol–water partition coefficient (Wildman–Crippen LogP) is 3.54. The third-order valence-electron chi connectivity index (χ3n) is 4.25. The van der Waals surface area contributed by atoms with E-state index in [1.165, 1.54) is 0 Å². The van der Waals surface area contributed by atoms with Gasteiger partial charge in [0.25, 0.3) is 0 Å². The van der Waals surface area contributed by atoms with Crippen LogP contribution in [-0.2, 0) is 6.42 Å². The van der Waals surface area contributed by atoms with Crippen LogP contribution in [0, 0.1) is 0 Å². The second kappa shape index (κ2) is 10.7. The van der Waals surface area contributed by atoms with Gasteiger partial charge in [-0.1, -0.05) is 54.6 Å². The van der Waals surface area contributed by atoms with Crippen LogP contribution in [0.4, 0.5) is 0 Å². The molecule has 0 fully saturated rings. The van der Waals surface area contributed by atoms with Gasteiger partial charge in [0.2, 0.25) is 0 Å². The van der Waals surface area contributed by atoms with Gasteiger partial charge in [0.15, 0.2) is 5.96 Å². The van der Waals surface area contributed by atoms with Gasteiger partial charge in [-0.05, 0) is 23.8 Å². The van der Waals surface area contributed by atoms with Gasteiger partial charge in [-0.15, -0.1) is 0 Å². The topological polar surface area (TPSA) is 58.5 Å². The molecule has 144 valence electrons. The fourth-order valence-electron chi connectivity index (χ4n) is 2.85. The van der Waals surface area contributed by atoms with Crippen LogP contribution in [0.25, 0.3) is 11.1 Å². The van der Waals surface area contributed by atoms with E-state index in [1.54, 1.807) is 7.05 Å². The van der Waals surface area contributed by atoms with Gasteiger partial charge in [-0.2, -0.15) is 0 Å². The lowest BCUT2D eigenvalue weighted by molar-refractivity contribution is 0.323. The van der Waals surface area contributed by atoms with E-state index in [2.05, 4.69) is 38.8 Å². The zero-order chi connectivity index (χ0) is 19.4. The second-order valence-corrected chi connectivity index (χ2v) is 6.21. The summed E-state index contributed by atoms with van der Waals surface area (Å²) in [6, 6.07) is 24.3. The third kappa shape index (κ3) is 5.84. The van der Waals surface area contributed by atoms with Gasteiger partial charge in [0.05, 0.1) is 6.54 Å². The van der Waals surface area contributed by atoms with Crippen molar-refractivity contribution in [3.63, 3.8) is 0 Å². The summed E-state index contributed by atoms with van der Waals surface area (Å²) in [5.74, 6) is 1.64. The molecule has 1 heterocycles. The van der Waals surface area contributed by atoms with Crippen molar-refractivity contribution in [2.24, 2.45) is 4.99 Å². The van der Waals surface area contributed by atoms with E-state index in [0.717, 1.165) is 41.5 Å². The summed E-state index contributed by atoms with van der Waals surface area (Å²) in [6.45, 7) is 1.98. The Morgan fingerprint density at radius 3 is 2.43 bits per heavy atom. The van der Waals surface area contributed by atoms with Gasteiger partial charge in [0.1, 0.15) is 12.4 Å². The van der Waals surface area contributed by atoms with Crippen molar-refractivity contribution in [1.29, 1.82) is 0 Å². The molecule has 3 aromatic rings. The third-order valence-corrected chi connectivity index (χ3v) is 4.25. The van der Waals surface area contributed by atoms with Gasteiger partial charge < -0.3 is 15.4 Å². The monoisotopic (exact) mass is 374 g/mol. The number of para-hydroxylation sites is 1. The number of nitrogens with zero attached hydrogens (tertiary/aromatic N) is 2. The zero-order valence-electron chi connectivity index (χ0n) is 16.1. The molecule has 0 aliphatic heterocycles. The fraction of sp³-hybridized carbons (Fsp3) is 0.217. The minimum absolute atomic E-state index is 0.546. The van der Waals surface area contributed by atoms with Gasteiger partial charge in [-0.25, -0.2) is 0 Å². The smallest absolute Gasteiger partial charge is 0.191 e. The number of pyridine rings is 1. The summed E-state index contributed by atoms with van der Waals surface area (Å²) in [6.07, 6.45) is 2.66. The molecule has 2 aromatic carbocycles. The SMILES string of the molecule is CN=C(NCCOc1ccccc1-c1ccccc1)NCCc1ccccn1. The molecule has 1 aromatic heterocycles. The van der Waals surface area contributed by atoms with Crippen molar-refractivity contribution in [1.82, 2.24) is 15.6 Å². The molecular formula is C23H26N4O. The molecule has 3 rings (SSSR count). The van der Waals surface area contributed by atoms with Crippen molar-refractivity contribution >= 4 is 5.96 Å². The summed E-state index contributed by atoms with van der Waals surface area (Å²) in [5, 5.41) is 6.58.